The summed E-state index contributed by atoms with van der Waals surface area (Å²) in [7, 11) is 0. The molecule has 0 saturated carbocycles. The Hall–Kier alpha value is -1.04. The van der Waals surface area contributed by atoms with E-state index in [0.717, 1.165) is 12.8 Å². The lowest BCUT2D eigenvalue weighted by Gasteiger charge is -2.00. The molecule has 13 heavy (non-hydrogen) atoms. The number of rotatable bonds is 2. The van der Waals surface area contributed by atoms with Gasteiger partial charge in [0.1, 0.15) is 0 Å². The standard InChI is InChI=1S/C13H18/c1-4-6-12(3)13-8-5-7-11(2)9-10-13/h6-10H,4-5H2,1-3H3/b12-6+. The second-order valence-corrected chi connectivity index (χ2v) is 3.47. The molecule has 0 atom stereocenters. The Balaban J connectivity index is 2.79. The largest absolute Gasteiger partial charge is 0.0813 e. The monoisotopic (exact) mass is 174 g/mol. The molecule has 0 N–H and O–H groups in total. The van der Waals surface area contributed by atoms with E-state index in [2.05, 4.69) is 51.2 Å². The first-order valence-corrected chi connectivity index (χ1v) is 4.96. The molecule has 0 aliphatic heterocycles. The minimum absolute atomic E-state index is 1.06. The quantitative estimate of drug-likeness (QED) is 0.589. The normalized spacial score (nSPS) is 17.9. The molecule has 0 aromatic heterocycles. The molecule has 0 spiro atoms. The van der Waals surface area contributed by atoms with Crippen LogP contribution in [0, 0.1) is 0 Å². The maximum atomic E-state index is 2.29. The molecule has 0 radical (unpaired) electrons. The van der Waals surface area contributed by atoms with Gasteiger partial charge in [-0.2, -0.15) is 0 Å². The first-order chi connectivity index (χ1) is 6.24. The molecular weight excluding hydrogens is 156 g/mol. The van der Waals surface area contributed by atoms with Crippen molar-refractivity contribution in [1.82, 2.24) is 0 Å². The summed E-state index contributed by atoms with van der Waals surface area (Å²) in [5.41, 5.74) is 4.12. The van der Waals surface area contributed by atoms with Crippen LogP contribution in [0.4, 0.5) is 0 Å². The van der Waals surface area contributed by atoms with Crippen LogP contribution in [0.1, 0.15) is 33.6 Å². The van der Waals surface area contributed by atoms with E-state index in [0.29, 0.717) is 0 Å². The predicted octanol–water partition coefficient (Wildman–Crippen LogP) is 4.18. The van der Waals surface area contributed by atoms with Gasteiger partial charge in [-0.05, 0) is 37.8 Å². The Kier molecular flexibility index (Phi) is 3.75. The van der Waals surface area contributed by atoms with Crippen LogP contribution in [0.25, 0.3) is 0 Å². The van der Waals surface area contributed by atoms with Crippen molar-refractivity contribution in [1.29, 1.82) is 0 Å². The third-order valence-electron chi connectivity index (χ3n) is 2.27. The van der Waals surface area contributed by atoms with Gasteiger partial charge in [0.25, 0.3) is 0 Å². The van der Waals surface area contributed by atoms with Gasteiger partial charge in [-0.25, -0.2) is 0 Å². The number of hydrogen-bond donors (Lipinski definition) is 0. The predicted molar refractivity (Wildman–Crippen MR) is 59.6 cm³/mol. The van der Waals surface area contributed by atoms with Crippen LogP contribution < -0.4 is 0 Å². The molecule has 0 aromatic rings. The summed E-state index contributed by atoms with van der Waals surface area (Å²) < 4.78 is 0. The van der Waals surface area contributed by atoms with Gasteiger partial charge < -0.3 is 0 Å². The average Bonchev–Trinajstić information content (AvgIpc) is 2.30. The van der Waals surface area contributed by atoms with Gasteiger partial charge in [-0.15, -0.1) is 0 Å². The van der Waals surface area contributed by atoms with E-state index >= 15 is 0 Å². The van der Waals surface area contributed by atoms with Crippen LogP contribution in [0.3, 0.4) is 0 Å². The van der Waals surface area contributed by atoms with Gasteiger partial charge in [0.15, 0.2) is 0 Å². The fourth-order valence-corrected chi connectivity index (χ4v) is 1.45. The van der Waals surface area contributed by atoms with Crippen molar-refractivity contribution < 1.29 is 0 Å². The molecule has 0 nitrogen and oxygen atoms in total. The maximum Gasteiger partial charge on any atom is -0.0154 e. The molecule has 0 amide bonds. The third-order valence-corrected chi connectivity index (χ3v) is 2.27. The van der Waals surface area contributed by atoms with Gasteiger partial charge in [0.2, 0.25) is 0 Å². The van der Waals surface area contributed by atoms with E-state index in [1.54, 1.807) is 0 Å². The zero-order valence-corrected chi connectivity index (χ0v) is 8.80. The SMILES string of the molecule is CC/C=C(\C)C1=CCC=C(C)C=C1. The summed E-state index contributed by atoms with van der Waals surface area (Å²) in [5.74, 6) is 0. The van der Waals surface area contributed by atoms with Gasteiger partial charge in [-0.3, -0.25) is 0 Å². The van der Waals surface area contributed by atoms with Crippen molar-refractivity contribution in [2.75, 3.05) is 0 Å². The fraction of sp³-hybridized carbons (Fsp3) is 0.385. The maximum absolute atomic E-state index is 2.29. The minimum Gasteiger partial charge on any atom is -0.0813 e. The Bertz CT molecular complexity index is 285. The Morgan fingerprint density at radius 1 is 1.38 bits per heavy atom. The molecule has 1 rings (SSSR count). The Morgan fingerprint density at radius 2 is 2.15 bits per heavy atom. The highest BCUT2D eigenvalue weighted by Gasteiger charge is 1.97. The van der Waals surface area contributed by atoms with Gasteiger partial charge in [0, 0.05) is 0 Å². The number of allylic oxidation sites excluding steroid dienone is 8. The molecule has 0 saturated heterocycles. The highest BCUT2D eigenvalue weighted by Crippen LogP contribution is 2.17. The summed E-state index contributed by atoms with van der Waals surface area (Å²) in [5, 5.41) is 0. The van der Waals surface area contributed by atoms with Gasteiger partial charge in [0.05, 0.1) is 0 Å². The van der Waals surface area contributed by atoms with Crippen LogP contribution >= 0.6 is 0 Å². The van der Waals surface area contributed by atoms with E-state index in [4.69, 9.17) is 0 Å². The molecule has 1 aliphatic rings. The van der Waals surface area contributed by atoms with E-state index in [-0.39, 0.29) is 0 Å². The Labute approximate surface area is 81.4 Å². The lowest BCUT2D eigenvalue weighted by molar-refractivity contribution is 1.18. The third kappa shape index (κ3) is 3.06. The van der Waals surface area contributed by atoms with E-state index in [1.165, 1.54) is 16.7 Å². The van der Waals surface area contributed by atoms with E-state index in [9.17, 15) is 0 Å². The van der Waals surface area contributed by atoms with Crippen LogP contribution in [-0.4, -0.2) is 0 Å². The molecule has 0 unspecified atom stereocenters. The van der Waals surface area contributed by atoms with Crippen molar-refractivity contribution in [3.8, 4) is 0 Å². The molecule has 70 valence electrons. The summed E-state index contributed by atoms with van der Waals surface area (Å²) >= 11 is 0. The molecule has 0 heteroatoms. The second kappa shape index (κ2) is 4.86. The van der Waals surface area contributed by atoms with E-state index < -0.39 is 0 Å². The average molecular weight is 174 g/mol. The molecule has 0 fully saturated rings. The molecule has 0 aromatic carbocycles. The first kappa shape index (κ1) is 10.0. The zero-order valence-electron chi connectivity index (χ0n) is 8.80. The van der Waals surface area contributed by atoms with Gasteiger partial charge in [-0.1, -0.05) is 42.9 Å². The smallest absolute Gasteiger partial charge is 0.0154 e. The molecule has 0 heterocycles. The minimum atomic E-state index is 1.06. The van der Waals surface area contributed by atoms with Crippen LogP contribution in [0.2, 0.25) is 0 Å². The molecular formula is C13H18. The molecule has 0 bridgehead atoms. The fourth-order valence-electron chi connectivity index (χ4n) is 1.45. The van der Waals surface area contributed by atoms with Crippen molar-refractivity contribution in [3.63, 3.8) is 0 Å². The van der Waals surface area contributed by atoms with Crippen molar-refractivity contribution in [2.45, 2.75) is 33.6 Å². The second-order valence-electron chi connectivity index (χ2n) is 3.47. The summed E-state index contributed by atoms with van der Waals surface area (Å²) in [6, 6.07) is 0. The lowest BCUT2D eigenvalue weighted by Crippen LogP contribution is -1.80. The van der Waals surface area contributed by atoms with Crippen LogP contribution in [-0.2, 0) is 0 Å². The highest BCUT2D eigenvalue weighted by molar-refractivity contribution is 5.42. The van der Waals surface area contributed by atoms with Crippen molar-refractivity contribution in [2.24, 2.45) is 0 Å². The van der Waals surface area contributed by atoms with Crippen molar-refractivity contribution in [3.05, 3.63) is 47.1 Å². The first-order valence-electron chi connectivity index (χ1n) is 4.96. The molecule has 1 aliphatic carbocycles. The van der Waals surface area contributed by atoms with Crippen molar-refractivity contribution >= 4 is 0 Å². The Morgan fingerprint density at radius 3 is 2.85 bits per heavy atom. The zero-order chi connectivity index (χ0) is 9.68. The number of hydrogen-bond acceptors (Lipinski definition) is 0. The summed E-state index contributed by atoms with van der Waals surface area (Å²) in [6.07, 6.45) is 13.4. The topological polar surface area (TPSA) is 0 Å². The lowest BCUT2D eigenvalue weighted by atomic mass is 10.1. The van der Waals surface area contributed by atoms with E-state index in [1.807, 2.05) is 0 Å². The van der Waals surface area contributed by atoms with Crippen LogP contribution in [0.5, 0.6) is 0 Å². The summed E-state index contributed by atoms with van der Waals surface area (Å²) in [4.78, 5) is 0. The van der Waals surface area contributed by atoms with Crippen LogP contribution in [0.15, 0.2) is 47.1 Å². The van der Waals surface area contributed by atoms with Gasteiger partial charge >= 0.3 is 0 Å². The summed E-state index contributed by atoms with van der Waals surface area (Å²) in [6.45, 7) is 6.50. The highest BCUT2D eigenvalue weighted by atomic mass is 14.0.